The van der Waals surface area contributed by atoms with Crippen LogP contribution in [0, 0.1) is 0 Å². The number of quaternary nitrogens is 1. The summed E-state index contributed by atoms with van der Waals surface area (Å²) >= 11 is 0. The van der Waals surface area contributed by atoms with Crippen molar-refractivity contribution in [1.29, 1.82) is 0 Å². The van der Waals surface area contributed by atoms with Gasteiger partial charge in [0.25, 0.3) is 0 Å². The van der Waals surface area contributed by atoms with Crippen molar-refractivity contribution in [3.8, 4) is 0 Å². The van der Waals surface area contributed by atoms with E-state index in [1.54, 1.807) is 0 Å². The highest BCUT2D eigenvalue weighted by Crippen LogP contribution is 2.14. The van der Waals surface area contributed by atoms with Gasteiger partial charge in [0.2, 0.25) is 0 Å². The lowest BCUT2D eigenvalue weighted by Crippen LogP contribution is -2.39. The topological polar surface area (TPSA) is 40.1 Å². The normalized spacial score (nSPS) is 11.3. The van der Waals surface area contributed by atoms with Crippen molar-refractivity contribution in [2.45, 2.75) is 103 Å². The molecule has 0 aromatic heterocycles. The van der Waals surface area contributed by atoms with Crippen molar-refractivity contribution < 1.29 is 13.9 Å². The summed E-state index contributed by atoms with van der Waals surface area (Å²) < 4.78 is 9.46. The second-order valence-electron chi connectivity index (χ2n) is 8.97. The molecule has 0 atom stereocenters. The van der Waals surface area contributed by atoms with Crippen molar-refractivity contribution in [3.63, 3.8) is 0 Å². The van der Waals surface area contributed by atoms with Gasteiger partial charge in [-0.05, 0) is 12.8 Å². The van der Waals surface area contributed by atoms with Gasteiger partial charge in [-0.15, -0.1) is 0 Å². The molecule has 3 nitrogen and oxygen atoms in total. The quantitative estimate of drug-likeness (QED) is 0.150. The lowest BCUT2D eigenvalue weighted by atomic mass is 10.0. The molecule has 0 aliphatic carbocycles. The second kappa shape index (κ2) is 20.5. The highest BCUT2D eigenvalue weighted by atomic mass is 31.1. The Bertz CT molecular complexity index is 465. The summed E-state index contributed by atoms with van der Waals surface area (Å²) in [5.41, 5.74) is 1.46. The van der Waals surface area contributed by atoms with Gasteiger partial charge in [-0.3, -0.25) is 4.57 Å². The molecule has 0 unspecified atom stereocenters. The number of hydrogen-bond donors (Lipinski definition) is 0. The van der Waals surface area contributed by atoms with E-state index in [9.17, 15) is 0 Å². The summed E-state index contributed by atoms with van der Waals surface area (Å²) in [5.74, 6) is 0. The van der Waals surface area contributed by atoms with Crippen molar-refractivity contribution in [3.05, 3.63) is 35.9 Å². The molecule has 168 valence electrons. The third-order valence-corrected chi connectivity index (χ3v) is 5.57. The largest absolute Gasteiger partial charge is 0.772 e. The maximum absolute atomic E-state index is 8.35. The van der Waals surface area contributed by atoms with Crippen LogP contribution in [0.1, 0.15) is 102 Å². The van der Waals surface area contributed by atoms with E-state index in [0.29, 0.717) is 0 Å². The summed E-state index contributed by atoms with van der Waals surface area (Å²) in [7, 11) is 3.66. The van der Waals surface area contributed by atoms with E-state index in [-0.39, 0.29) is 0 Å². The lowest BCUT2D eigenvalue weighted by Gasteiger charge is -2.30. The Morgan fingerprint density at radius 3 is 1.52 bits per heavy atom. The van der Waals surface area contributed by atoms with E-state index in [0.717, 1.165) is 11.0 Å². The van der Waals surface area contributed by atoms with Gasteiger partial charge in [-0.1, -0.05) is 114 Å². The molecule has 0 heterocycles. The van der Waals surface area contributed by atoms with Crippen molar-refractivity contribution in [2.75, 3.05) is 20.6 Å². The van der Waals surface area contributed by atoms with Crippen molar-refractivity contribution >= 4 is 8.69 Å². The van der Waals surface area contributed by atoms with Crippen LogP contribution >= 0.6 is 8.69 Å². The minimum atomic E-state index is -1.08. The summed E-state index contributed by atoms with van der Waals surface area (Å²) in [5, 5.41) is 0. The first-order valence-corrected chi connectivity index (χ1v) is 12.6. The summed E-state index contributed by atoms with van der Waals surface area (Å²) in [6, 6.07) is 10.9. The third-order valence-electron chi connectivity index (χ3n) is 5.57. The Morgan fingerprint density at radius 2 is 1.10 bits per heavy atom. The fraction of sp³-hybridized carbons (Fsp3) is 0.760. The van der Waals surface area contributed by atoms with Gasteiger partial charge in [0.1, 0.15) is 6.54 Å². The Hall–Kier alpha value is -0.760. The molecule has 0 N–H and O–H groups in total. The number of benzene rings is 1. The molecule has 1 rings (SSSR count). The third kappa shape index (κ3) is 20.3. The molecule has 0 saturated carbocycles. The Kier molecular flexibility index (Phi) is 20.0. The molecule has 1 aromatic carbocycles. The van der Waals surface area contributed by atoms with Gasteiger partial charge < -0.3 is 9.38 Å². The molecule has 0 fully saturated rings. The molecule has 0 aliphatic rings. The Labute approximate surface area is 182 Å². The highest BCUT2D eigenvalue weighted by Gasteiger charge is 2.14. The first-order chi connectivity index (χ1) is 14.1. The van der Waals surface area contributed by atoms with Crippen LogP contribution < -0.4 is 4.89 Å². The van der Waals surface area contributed by atoms with Gasteiger partial charge in [-0.25, -0.2) is 0 Å². The van der Waals surface area contributed by atoms with E-state index in [1.807, 2.05) is 0 Å². The van der Waals surface area contributed by atoms with E-state index >= 15 is 0 Å². The van der Waals surface area contributed by atoms with Gasteiger partial charge in [0, 0.05) is 5.56 Å². The Balaban J connectivity index is 0.00000245. The van der Waals surface area contributed by atoms with Crippen LogP contribution in [0.15, 0.2) is 30.3 Å². The van der Waals surface area contributed by atoms with Crippen LogP contribution in [-0.4, -0.2) is 25.1 Å². The minimum absolute atomic E-state index is 1.08. The molecule has 4 heteroatoms. The fourth-order valence-corrected chi connectivity index (χ4v) is 3.89. The molecule has 29 heavy (non-hydrogen) atoms. The zero-order valence-electron chi connectivity index (χ0n) is 19.4. The van der Waals surface area contributed by atoms with E-state index in [4.69, 9.17) is 9.46 Å². The SMILES string of the molecule is CCCCCCCCCCCCCCCC[N+](C)(C)Cc1ccccc1.O=P[O-]. The average Bonchev–Trinajstić information content (AvgIpc) is 2.69. The molecule has 1 aromatic rings. The molecular weight excluding hydrogens is 377 g/mol. The van der Waals surface area contributed by atoms with Crippen molar-refractivity contribution in [1.82, 2.24) is 0 Å². The summed E-state index contributed by atoms with van der Waals surface area (Å²) in [4.78, 5) is 8.35. The molecule has 0 amide bonds. The van der Waals surface area contributed by atoms with E-state index < -0.39 is 8.69 Å². The number of unbranched alkanes of at least 4 members (excludes halogenated alkanes) is 13. The standard InChI is InChI=1S/C25H46N.HO2P/c1-4-5-6-7-8-9-10-11-12-13-14-15-16-20-23-26(2,3)24-25-21-18-17-19-22-25;1-3-2/h17-19,21-22H,4-16,20,23-24H2,1-3H3;(H,1,2)/q+1;/p-1. The highest BCUT2D eigenvalue weighted by molar-refractivity contribution is 7.14. The lowest BCUT2D eigenvalue weighted by molar-refractivity contribution is -0.903. The first-order valence-electron chi connectivity index (χ1n) is 11.9. The summed E-state index contributed by atoms with van der Waals surface area (Å²) in [6.07, 6.45) is 20.2. The molecule has 0 radical (unpaired) electrons. The monoisotopic (exact) mass is 423 g/mol. The van der Waals surface area contributed by atoms with Crippen LogP contribution in [0.4, 0.5) is 0 Å². The summed E-state index contributed by atoms with van der Waals surface area (Å²) in [6.45, 7) is 4.75. The van der Waals surface area contributed by atoms with Crippen molar-refractivity contribution in [2.24, 2.45) is 0 Å². The molecular formula is C25H46NO2P. The Morgan fingerprint density at radius 1 is 0.724 bits per heavy atom. The zero-order chi connectivity index (χ0) is 21.6. The van der Waals surface area contributed by atoms with Crippen LogP contribution in [0.2, 0.25) is 0 Å². The van der Waals surface area contributed by atoms with Crippen LogP contribution in [0.3, 0.4) is 0 Å². The van der Waals surface area contributed by atoms with Gasteiger partial charge >= 0.3 is 0 Å². The second-order valence-corrected chi connectivity index (χ2v) is 9.12. The maximum atomic E-state index is 8.35. The van der Waals surface area contributed by atoms with Crippen LogP contribution in [-0.2, 0) is 11.1 Å². The predicted molar refractivity (Wildman–Crippen MR) is 125 cm³/mol. The van der Waals surface area contributed by atoms with Gasteiger partial charge in [-0.2, -0.15) is 0 Å². The molecule has 0 saturated heterocycles. The average molecular weight is 424 g/mol. The fourth-order valence-electron chi connectivity index (χ4n) is 3.89. The smallest absolute Gasteiger partial charge is 0.104 e. The predicted octanol–water partition coefficient (Wildman–Crippen LogP) is 7.30. The molecule has 0 spiro atoms. The first kappa shape index (κ1) is 28.2. The maximum Gasteiger partial charge on any atom is 0.104 e. The van der Waals surface area contributed by atoms with Crippen LogP contribution in [0.25, 0.3) is 0 Å². The minimum Gasteiger partial charge on any atom is -0.772 e. The molecule has 0 bridgehead atoms. The number of nitrogens with zero attached hydrogens (tertiary/aromatic N) is 1. The van der Waals surface area contributed by atoms with Gasteiger partial charge in [0.05, 0.1) is 29.3 Å². The zero-order valence-corrected chi connectivity index (χ0v) is 20.3. The molecule has 0 aliphatic heterocycles. The number of rotatable bonds is 17. The van der Waals surface area contributed by atoms with Gasteiger partial charge in [0.15, 0.2) is 0 Å². The van der Waals surface area contributed by atoms with E-state index in [1.165, 1.54) is 102 Å². The van der Waals surface area contributed by atoms with E-state index in [2.05, 4.69) is 51.4 Å². The number of hydrogen-bond acceptors (Lipinski definition) is 2. The van der Waals surface area contributed by atoms with Crippen LogP contribution in [0.5, 0.6) is 0 Å².